The zero-order valence-corrected chi connectivity index (χ0v) is 13.9. The average Bonchev–Trinajstić information content (AvgIpc) is 2.66. The molecule has 3 rings (SSSR count). The van der Waals surface area contributed by atoms with Crippen molar-refractivity contribution in [3.8, 4) is 11.6 Å². The van der Waals surface area contributed by atoms with Gasteiger partial charge in [-0.15, -0.1) is 0 Å². The molecule has 0 bridgehead atoms. The predicted octanol–water partition coefficient (Wildman–Crippen LogP) is 0.443. The Balaban J connectivity index is 1.54. The maximum atomic E-state index is 11.2. The molecule has 1 aliphatic heterocycles. The third kappa shape index (κ3) is 4.57. The lowest BCUT2D eigenvalue weighted by atomic mass is 10.2. The van der Waals surface area contributed by atoms with Crippen LogP contribution >= 0.6 is 0 Å². The number of anilines is 1. The Morgan fingerprint density at radius 1 is 1.16 bits per heavy atom. The summed E-state index contributed by atoms with van der Waals surface area (Å²) in [4.78, 5) is 22.0. The highest BCUT2D eigenvalue weighted by atomic mass is 16.5. The van der Waals surface area contributed by atoms with Crippen molar-refractivity contribution in [1.29, 1.82) is 0 Å². The quantitative estimate of drug-likeness (QED) is 0.703. The molecule has 1 fully saturated rings. The van der Waals surface area contributed by atoms with Gasteiger partial charge in [-0.3, -0.25) is 4.79 Å². The van der Waals surface area contributed by atoms with Crippen molar-refractivity contribution in [2.45, 2.75) is 0 Å². The Labute approximate surface area is 146 Å². The number of carbonyl (C=O) groups excluding carboxylic acids is 1. The lowest BCUT2D eigenvalue weighted by Gasteiger charge is -2.28. The van der Waals surface area contributed by atoms with Gasteiger partial charge >= 0.3 is 0 Å². The van der Waals surface area contributed by atoms with Crippen molar-refractivity contribution >= 4 is 11.7 Å². The first-order valence-corrected chi connectivity index (χ1v) is 8.16. The van der Waals surface area contributed by atoms with Gasteiger partial charge < -0.3 is 25.4 Å². The highest BCUT2D eigenvalue weighted by Crippen LogP contribution is 2.22. The number of nitrogens with zero attached hydrogens (tertiary/aromatic N) is 3. The molecule has 1 aromatic heterocycles. The molecule has 0 radical (unpaired) electrons. The van der Waals surface area contributed by atoms with Crippen LogP contribution in [0.5, 0.6) is 11.6 Å². The number of amides is 1. The number of piperazine rings is 1. The Morgan fingerprint density at radius 2 is 1.92 bits per heavy atom. The second-order valence-electron chi connectivity index (χ2n) is 5.51. The van der Waals surface area contributed by atoms with E-state index in [9.17, 15) is 4.79 Å². The van der Waals surface area contributed by atoms with Gasteiger partial charge in [0.05, 0.1) is 0 Å². The fraction of sp³-hybridized carbons (Fsp3) is 0.353. The third-order valence-corrected chi connectivity index (χ3v) is 3.77. The van der Waals surface area contributed by atoms with E-state index in [0.29, 0.717) is 30.4 Å². The van der Waals surface area contributed by atoms with Gasteiger partial charge in [-0.25, -0.2) is 9.97 Å². The minimum absolute atomic E-state index is 0.318. The largest absolute Gasteiger partial charge is 0.490 e. The van der Waals surface area contributed by atoms with Crippen LogP contribution in [0.15, 0.2) is 36.7 Å². The van der Waals surface area contributed by atoms with Crippen molar-refractivity contribution in [1.82, 2.24) is 15.3 Å². The molecule has 0 unspecified atom stereocenters. The van der Waals surface area contributed by atoms with E-state index >= 15 is 0 Å². The van der Waals surface area contributed by atoms with E-state index in [2.05, 4.69) is 20.2 Å². The number of hydrogen-bond donors (Lipinski definition) is 2. The second-order valence-corrected chi connectivity index (χ2v) is 5.51. The lowest BCUT2D eigenvalue weighted by Crippen LogP contribution is -2.44. The standard InChI is InChI=1S/C17H21N5O3/c18-15(23)13-2-1-3-14(12-13)24-10-11-25-17-16(20-4-5-21-17)22-8-6-19-7-9-22/h1-5,12,19H,6-11H2,(H2,18,23). The molecule has 3 N–H and O–H groups in total. The number of primary amides is 1. The molecule has 8 heteroatoms. The molecule has 2 heterocycles. The first-order chi connectivity index (χ1) is 12.2. The number of ether oxygens (including phenoxy) is 2. The van der Waals surface area contributed by atoms with Gasteiger partial charge in [-0.05, 0) is 18.2 Å². The minimum atomic E-state index is -0.484. The number of carbonyl (C=O) groups is 1. The summed E-state index contributed by atoms with van der Waals surface area (Å²) in [6.45, 7) is 4.19. The summed E-state index contributed by atoms with van der Waals surface area (Å²) in [5.74, 6) is 1.34. The summed E-state index contributed by atoms with van der Waals surface area (Å²) < 4.78 is 11.3. The Kier molecular flexibility index (Phi) is 5.63. The van der Waals surface area contributed by atoms with Crippen LogP contribution in [0.2, 0.25) is 0 Å². The van der Waals surface area contributed by atoms with Crippen LogP contribution in [-0.2, 0) is 0 Å². The van der Waals surface area contributed by atoms with Crippen LogP contribution in [-0.4, -0.2) is 55.3 Å². The predicted molar refractivity (Wildman–Crippen MR) is 93.1 cm³/mol. The molecule has 1 amide bonds. The number of benzene rings is 1. The van der Waals surface area contributed by atoms with Crippen LogP contribution in [0.4, 0.5) is 5.82 Å². The molecule has 1 aromatic carbocycles. The molecular weight excluding hydrogens is 322 g/mol. The zero-order valence-electron chi connectivity index (χ0n) is 13.9. The van der Waals surface area contributed by atoms with Gasteiger partial charge in [-0.1, -0.05) is 6.07 Å². The lowest BCUT2D eigenvalue weighted by molar-refractivity contribution is 0.0999. The first kappa shape index (κ1) is 17.0. The van der Waals surface area contributed by atoms with E-state index in [1.54, 1.807) is 36.7 Å². The zero-order chi connectivity index (χ0) is 17.5. The molecule has 0 spiro atoms. The third-order valence-electron chi connectivity index (χ3n) is 3.77. The monoisotopic (exact) mass is 343 g/mol. The molecule has 0 atom stereocenters. The van der Waals surface area contributed by atoms with Crippen LogP contribution in [0.25, 0.3) is 0 Å². The van der Waals surface area contributed by atoms with Crippen molar-refractivity contribution in [3.05, 3.63) is 42.2 Å². The number of nitrogens with two attached hydrogens (primary N) is 1. The topological polar surface area (TPSA) is 103 Å². The van der Waals surface area contributed by atoms with Gasteiger partial charge in [-0.2, -0.15) is 0 Å². The molecule has 1 aliphatic rings. The SMILES string of the molecule is NC(=O)c1cccc(OCCOc2nccnc2N2CCNCC2)c1. The molecule has 8 nitrogen and oxygen atoms in total. The van der Waals surface area contributed by atoms with Gasteiger partial charge in [0.1, 0.15) is 19.0 Å². The normalized spacial score (nSPS) is 14.2. The van der Waals surface area contributed by atoms with E-state index in [1.165, 1.54) is 0 Å². The molecule has 0 aliphatic carbocycles. The molecule has 132 valence electrons. The summed E-state index contributed by atoms with van der Waals surface area (Å²) >= 11 is 0. The highest BCUT2D eigenvalue weighted by Gasteiger charge is 2.17. The summed E-state index contributed by atoms with van der Waals surface area (Å²) in [7, 11) is 0. The van der Waals surface area contributed by atoms with E-state index in [0.717, 1.165) is 32.0 Å². The fourth-order valence-electron chi connectivity index (χ4n) is 2.55. The Morgan fingerprint density at radius 3 is 2.72 bits per heavy atom. The van der Waals surface area contributed by atoms with Crippen LogP contribution in [0.3, 0.4) is 0 Å². The molecule has 1 saturated heterocycles. The van der Waals surface area contributed by atoms with Crippen molar-refractivity contribution in [3.63, 3.8) is 0 Å². The van der Waals surface area contributed by atoms with Gasteiger partial charge in [0, 0.05) is 44.1 Å². The first-order valence-electron chi connectivity index (χ1n) is 8.16. The van der Waals surface area contributed by atoms with E-state index in [1.807, 2.05) is 0 Å². The van der Waals surface area contributed by atoms with Gasteiger partial charge in [0.2, 0.25) is 5.91 Å². The number of hydrogen-bond acceptors (Lipinski definition) is 7. The minimum Gasteiger partial charge on any atom is -0.490 e. The van der Waals surface area contributed by atoms with Crippen LogP contribution in [0.1, 0.15) is 10.4 Å². The maximum absolute atomic E-state index is 11.2. The Bertz CT molecular complexity index is 719. The molecule has 2 aromatic rings. The van der Waals surface area contributed by atoms with Crippen molar-refractivity contribution in [2.75, 3.05) is 44.3 Å². The number of nitrogens with one attached hydrogen (secondary N) is 1. The smallest absolute Gasteiger partial charge is 0.257 e. The second kappa shape index (κ2) is 8.29. The van der Waals surface area contributed by atoms with Gasteiger partial charge in [0.15, 0.2) is 5.82 Å². The average molecular weight is 343 g/mol. The highest BCUT2D eigenvalue weighted by molar-refractivity contribution is 5.93. The molecule has 0 saturated carbocycles. The van der Waals surface area contributed by atoms with E-state index in [-0.39, 0.29) is 0 Å². The number of rotatable bonds is 7. The van der Waals surface area contributed by atoms with Crippen molar-refractivity contribution < 1.29 is 14.3 Å². The van der Waals surface area contributed by atoms with Crippen LogP contribution < -0.4 is 25.4 Å². The van der Waals surface area contributed by atoms with Crippen LogP contribution in [0, 0.1) is 0 Å². The fourth-order valence-corrected chi connectivity index (χ4v) is 2.55. The molecular formula is C17H21N5O3. The van der Waals surface area contributed by atoms with E-state index < -0.39 is 5.91 Å². The molecule has 25 heavy (non-hydrogen) atoms. The summed E-state index contributed by atoms with van der Waals surface area (Å²) in [6, 6.07) is 6.74. The van der Waals surface area contributed by atoms with E-state index in [4.69, 9.17) is 15.2 Å². The number of aromatic nitrogens is 2. The summed E-state index contributed by atoms with van der Waals surface area (Å²) in [5, 5.41) is 3.30. The summed E-state index contributed by atoms with van der Waals surface area (Å²) in [5.41, 5.74) is 5.67. The maximum Gasteiger partial charge on any atom is 0.257 e. The van der Waals surface area contributed by atoms with Gasteiger partial charge in [0.25, 0.3) is 5.88 Å². The Hall–Kier alpha value is -2.87. The van der Waals surface area contributed by atoms with Crippen molar-refractivity contribution in [2.24, 2.45) is 5.73 Å². The summed E-state index contributed by atoms with van der Waals surface area (Å²) in [6.07, 6.45) is 3.27.